The monoisotopic (exact) mass is 365 g/mol. The van der Waals surface area contributed by atoms with Crippen LogP contribution in [0.4, 0.5) is 5.69 Å². The number of ketones is 1. The smallest absolute Gasteiger partial charge is 0.291 e. The summed E-state index contributed by atoms with van der Waals surface area (Å²) in [5.74, 6) is -0.426. The molecule has 0 atom stereocenters. The van der Waals surface area contributed by atoms with Crippen molar-refractivity contribution in [2.45, 2.75) is 19.3 Å². The number of Topliss-reactive ketones (excluding diaryl/α,β-unsaturated/α-hetero) is 1. The lowest BCUT2D eigenvalue weighted by atomic mass is 10.1. The topological polar surface area (TPSA) is 55.4 Å². The average Bonchev–Trinajstić information content (AvgIpc) is 2.58. The summed E-state index contributed by atoms with van der Waals surface area (Å²) in [5.41, 5.74) is 1.34. The molecule has 24 heavy (non-hydrogen) atoms. The molecule has 0 saturated carbocycles. The highest BCUT2D eigenvalue weighted by Crippen LogP contribution is 2.29. The van der Waals surface area contributed by atoms with Crippen LogP contribution in [0.25, 0.3) is 0 Å². The van der Waals surface area contributed by atoms with Crippen molar-refractivity contribution in [1.29, 1.82) is 0 Å². The summed E-state index contributed by atoms with van der Waals surface area (Å²) in [6.45, 7) is 0. The third-order valence-electron chi connectivity index (χ3n) is 3.48. The maximum atomic E-state index is 11.9. The minimum atomic E-state index is -0.709. The highest BCUT2D eigenvalue weighted by atomic mass is 35.5. The van der Waals surface area contributed by atoms with Gasteiger partial charge in [-0.3, -0.25) is 9.59 Å². The lowest BCUT2D eigenvalue weighted by molar-refractivity contribution is -0.134. The first-order valence-electron chi connectivity index (χ1n) is 7.42. The second-order valence-corrected chi connectivity index (χ2v) is 5.99. The van der Waals surface area contributed by atoms with Gasteiger partial charge < -0.3 is 10.1 Å². The van der Waals surface area contributed by atoms with Crippen molar-refractivity contribution in [3.63, 3.8) is 0 Å². The summed E-state index contributed by atoms with van der Waals surface area (Å²) < 4.78 is 5.09. The second-order valence-electron chi connectivity index (χ2n) is 5.18. The van der Waals surface area contributed by atoms with Crippen molar-refractivity contribution >= 4 is 40.6 Å². The zero-order chi connectivity index (χ0) is 17.5. The van der Waals surface area contributed by atoms with Crippen molar-refractivity contribution in [2.24, 2.45) is 0 Å². The largest absolute Gasteiger partial charge is 0.497 e. The molecule has 0 unspecified atom stereocenters. The molecule has 126 valence electrons. The Morgan fingerprint density at radius 1 is 1.04 bits per heavy atom. The minimum Gasteiger partial charge on any atom is -0.497 e. The molecule has 2 rings (SSSR count). The zero-order valence-corrected chi connectivity index (χ0v) is 14.7. The van der Waals surface area contributed by atoms with Crippen LogP contribution in [-0.2, 0) is 16.0 Å². The molecule has 0 aliphatic carbocycles. The van der Waals surface area contributed by atoms with Crippen molar-refractivity contribution in [3.05, 3.63) is 58.1 Å². The molecule has 0 aromatic heterocycles. The fourth-order valence-electron chi connectivity index (χ4n) is 2.16. The van der Waals surface area contributed by atoms with Crippen LogP contribution in [0.15, 0.2) is 42.5 Å². The first-order chi connectivity index (χ1) is 11.5. The van der Waals surface area contributed by atoms with E-state index < -0.39 is 11.7 Å². The number of methoxy groups -OCH3 is 1. The quantitative estimate of drug-likeness (QED) is 0.733. The Morgan fingerprint density at radius 3 is 2.25 bits per heavy atom. The summed E-state index contributed by atoms with van der Waals surface area (Å²) in [7, 11) is 1.61. The number of hydrogen-bond acceptors (Lipinski definition) is 3. The number of benzene rings is 2. The van der Waals surface area contributed by atoms with E-state index in [1.54, 1.807) is 25.3 Å². The Bertz CT molecular complexity index is 709. The summed E-state index contributed by atoms with van der Waals surface area (Å²) >= 11 is 11.9. The average molecular weight is 366 g/mol. The van der Waals surface area contributed by atoms with Gasteiger partial charge >= 0.3 is 0 Å². The zero-order valence-electron chi connectivity index (χ0n) is 13.1. The number of carbonyl (C=O) groups is 2. The third-order valence-corrected chi connectivity index (χ3v) is 4.11. The first kappa shape index (κ1) is 18.3. The van der Waals surface area contributed by atoms with E-state index in [1.807, 2.05) is 24.3 Å². The van der Waals surface area contributed by atoms with Crippen LogP contribution in [0.2, 0.25) is 10.0 Å². The van der Waals surface area contributed by atoms with Gasteiger partial charge in [0.1, 0.15) is 5.75 Å². The van der Waals surface area contributed by atoms with E-state index >= 15 is 0 Å². The Labute approximate surface area is 150 Å². The van der Waals surface area contributed by atoms with E-state index in [0.717, 1.165) is 11.3 Å². The lowest BCUT2D eigenvalue weighted by Crippen LogP contribution is -2.23. The molecule has 4 nitrogen and oxygen atoms in total. The minimum absolute atomic E-state index is 0.153. The first-order valence-corrected chi connectivity index (χ1v) is 8.18. The molecule has 0 aliphatic heterocycles. The number of nitrogens with one attached hydrogen (secondary N) is 1. The van der Waals surface area contributed by atoms with Crippen molar-refractivity contribution < 1.29 is 14.3 Å². The van der Waals surface area contributed by atoms with Gasteiger partial charge in [-0.25, -0.2) is 0 Å². The van der Waals surface area contributed by atoms with Gasteiger partial charge in [-0.15, -0.1) is 0 Å². The SMILES string of the molecule is COc1ccc(CCCC(=O)C(=O)Nc2c(Cl)cccc2Cl)cc1. The summed E-state index contributed by atoms with van der Waals surface area (Å²) in [5, 5.41) is 3.06. The van der Waals surface area contributed by atoms with Gasteiger partial charge in [-0.05, 0) is 42.7 Å². The summed E-state index contributed by atoms with van der Waals surface area (Å²) in [6, 6.07) is 12.5. The predicted octanol–water partition coefficient (Wildman–Crippen LogP) is 4.53. The molecule has 0 bridgehead atoms. The molecule has 6 heteroatoms. The fraction of sp³-hybridized carbons (Fsp3) is 0.222. The van der Waals surface area contributed by atoms with Crippen LogP contribution in [0.1, 0.15) is 18.4 Å². The van der Waals surface area contributed by atoms with Crippen LogP contribution >= 0.6 is 23.2 Å². The molecule has 0 radical (unpaired) electrons. The maximum Gasteiger partial charge on any atom is 0.291 e. The van der Waals surface area contributed by atoms with Crippen LogP contribution in [0.3, 0.4) is 0 Å². The van der Waals surface area contributed by atoms with Crippen LogP contribution in [-0.4, -0.2) is 18.8 Å². The molecule has 0 aliphatic rings. The molecular weight excluding hydrogens is 349 g/mol. The van der Waals surface area contributed by atoms with Gasteiger partial charge in [0, 0.05) is 6.42 Å². The number of para-hydroxylation sites is 1. The van der Waals surface area contributed by atoms with E-state index in [1.165, 1.54) is 0 Å². The van der Waals surface area contributed by atoms with E-state index in [2.05, 4.69) is 5.32 Å². The van der Waals surface area contributed by atoms with E-state index in [0.29, 0.717) is 22.9 Å². The third kappa shape index (κ3) is 4.98. The number of halogens is 2. The molecular formula is C18H17Cl2NO3. The van der Waals surface area contributed by atoms with E-state index in [-0.39, 0.29) is 12.1 Å². The van der Waals surface area contributed by atoms with Crippen LogP contribution < -0.4 is 10.1 Å². The normalized spacial score (nSPS) is 10.3. The van der Waals surface area contributed by atoms with Crippen LogP contribution in [0.5, 0.6) is 5.75 Å². The molecule has 2 aromatic carbocycles. The molecule has 0 saturated heterocycles. The van der Waals surface area contributed by atoms with Crippen molar-refractivity contribution in [3.8, 4) is 5.75 Å². The molecule has 1 amide bonds. The standard InChI is InChI=1S/C18H17Cl2NO3/c1-24-13-10-8-12(9-11-13)4-2-7-16(22)18(23)21-17-14(19)5-3-6-15(17)20/h3,5-6,8-11H,2,4,7H2,1H3,(H,21,23). The van der Waals surface area contributed by atoms with E-state index in [4.69, 9.17) is 27.9 Å². The van der Waals surface area contributed by atoms with Gasteiger partial charge in [0.15, 0.2) is 0 Å². The van der Waals surface area contributed by atoms with Crippen molar-refractivity contribution in [2.75, 3.05) is 12.4 Å². The Kier molecular flexibility index (Phi) is 6.64. The highest BCUT2D eigenvalue weighted by Gasteiger charge is 2.16. The molecule has 0 heterocycles. The number of aryl methyl sites for hydroxylation is 1. The fourth-order valence-corrected chi connectivity index (χ4v) is 2.65. The maximum absolute atomic E-state index is 11.9. The number of ether oxygens (including phenoxy) is 1. The second kappa shape index (κ2) is 8.71. The van der Waals surface area contributed by atoms with Crippen LogP contribution in [0, 0.1) is 0 Å². The molecule has 1 N–H and O–H groups in total. The lowest BCUT2D eigenvalue weighted by Gasteiger charge is -2.08. The summed E-state index contributed by atoms with van der Waals surface area (Å²) in [6.07, 6.45) is 1.44. The van der Waals surface area contributed by atoms with Gasteiger partial charge in [0.2, 0.25) is 5.78 Å². The predicted molar refractivity (Wildman–Crippen MR) is 96.0 cm³/mol. The Balaban J connectivity index is 1.84. The van der Waals surface area contributed by atoms with Gasteiger partial charge in [-0.2, -0.15) is 0 Å². The van der Waals surface area contributed by atoms with Gasteiger partial charge in [0.25, 0.3) is 5.91 Å². The number of rotatable bonds is 7. The van der Waals surface area contributed by atoms with Gasteiger partial charge in [0.05, 0.1) is 22.8 Å². The molecule has 0 spiro atoms. The molecule has 2 aromatic rings. The Hall–Kier alpha value is -2.04. The number of carbonyl (C=O) groups excluding carboxylic acids is 2. The van der Waals surface area contributed by atoms with Gasteiger partial charge in [-0.1, -0.05) is 41.4 Å². The van der Waals surface area contributed by atoms with Crippen molar-refractivity contribution in [1.82, 2.24) is 0 Å². The van der Waals surface area contributed by atoms with E-state index in [9.17, 15) is 9.59 Å². The number of anilines is 1. The number of amides is 1. The molecule has 0 fully saturated rings. The highest BCUT2D eigenvalue weighted by molar-refractivity contribution is 6.44. The number of hydrogen-bond donors (Lipinski definition) is 1. The summed E-state index contributed by atoms with van der Waals surface area (Å²) in [4.78, 5) is 23.9. The Morgan fingerprint density at radius 2 is 1.67 bits per heavy atom.